The van der Waals surface area contributed by atoms with E-state index in [9.17, 15) is 0 Å². The van der Waals surface area contributed by atoms with Crippen LogP contribution in [0, 0.1) is 5.92 Å². The molecule has 17 heavy (non-hydrogen) atoms. The van der Waals surface area contributed by atoms with Crippen LogP contribution in [0.4, 0.5) is 0 Å². The minimum atomic E-state index is 0.00833. The predicted octanol–water partition coefficient (Wildman–Crippen LogP) is 4.65. The van der Waals surface area contributed by atoms with E-state index in [-0.39, 0.29) is 5.41 Å². The maximum Gasteiger partial charge on any atom is 0.0289 e. The predicted molar refractivity (Wildman–Crippen MR) is 75.0 cm³/mol. The second-order valence-corrected chi connectivity index (χ2v) is 5.16. The average molecular weight is 224 g/mol. The summed E-state index contributed by atoms with van der Waals surface area (Å²) in [4.78, 5) is 0. The molecule has 0 spiro atoms. The highest BCUT2D eigenvalue weighted by molar-refractivity contribution is 5.42. The van der Waals surface area contributed by atoms with Crippen molar-refractivity contribution in [3.05, 3.63) is 71.8 Å². The van der Waals surface area contributed by atoms with Crippen molar-refractivity contribution in [2.75, 3.05) is 0 Å². The Morgan fingerprint density at radius 3 is 2.35 bits per heavy atom. The van der Waals surface area contributed by atoms with Gasteiger partial charge in [-0.3, -0.25) is 0 Å². The summed E-state index contributed by atoms with van der Waals surface area (Å²) in [5.74, 6) is 0.578. The lowest BCUT2D eigenvalue weighted by Gasteiger charge is -2.22. The van der Waals surface area contributed by atoms with E-state index in [0.717, 1.165) is 0 Å². The first-order valence-electron chi connectivity index (χ1n) is 6.26. The van der Waals surface area contributed by atoms with Gasteiger partial charge in [-0.1, -0.05) is 74.6 Å². The molecule has 0 aromatic heterocycles. The van der Waals surface area contributed by atoms with Crippen molar-refractivity contribution in [1.82, 2.24) is 0 Å². The molecule has 1 aliphatic carbocycles. The second kappa shape index (κ2) is 4.75. The Labute approximate surface area is 104 Å². The summed E-state index contributed by atoms with van der Waals surface area (Å²) in [5, 5.41) is 0. The summed E-state index contributed by atoms with van der Waals surface area (Å²) >= 11 is 0. The van der Waals surface area contributed by atoms with Gasteiger partial charge in [0.15, 0.2) is 0 Å². The largest absolute Gasteiger partial charge is 0.0704 e. The smallest absolute Gasteiger partial charge is 0.0289 e. The lowest BCUT2D eigenvalue weighted by atomic mass is 9.82. The van der Waals surface area contributed by atoms with Crippen LogP contribution in [0.1, 0.15) is 26.3 Å². The fraction of sp³-hybridized carbons (Fsp3) is 0.294. The quantitative estimate of drug-likeness (QED) is 0.685. The molecule has 0 radical (unpaired) electrons. The van der Waals surface area contributed by atoms with Crippen molar-refractivity contribution in [2.24, 2.45) is 5.92 Å². The molecule has 0 nitrogen and oxygen atoms in total. The molecule has 0 saturated heterocycles. The van der Waals surface area contributed by atoms with Crippen LogP contribution in [-0.4, -0.2) is 0 Å². The van der Waals surface area contributed by atoms with Gasteiger partial charge in [-0.05, 0) is 24.0 Å². The Hall–Kier alpha value is -1.56. The van der Waals surface area contributed by atoms with Crippen molar-refractivity contribution in [1.29, 1.82) is 0 Å². The minimum Gasteiger partial charge on any atom is -0.0704 e. The summed E-state index contributed by atoms with van der Waals surface area (Å²) in [6.07, 6.45) is 11.2. The number of rotatable bonds is 2. The Morgan fingerprint density at radius 1 is 1.00 bits per heavy atom. The van der Waals surface area contributed by atoms with E-state index in [0.29, 0.717) is 5.92 Å². The summed E-state index contributed by atoms with van der Waals surface area (Å²) in [6.45, 7) is 6.72. The van der Waals surface area contributed by atoms with Gasteiger partial charge >= 0.3 is 0 Å². The number of hydrogen-bond acceptors (Lipinski definition) is 0. The van der Waals surface area contributed by atoms with Gasteiger partial charge in [0.05, 0.1) is 0 Å². The standard InChI is InChI=1S/C17H20/c1-14(2)15-8-7-12-17(3,13-11-15)16-9-5-4-6-10-16/h4-14H,1-3H3. The fourth-order valence-electron chi connectivity index (χ4n) is 2.11. The van der Waals surface area contributed by atoms with E-state index < -0.39 is 0 Å². The van der Waals surface area contributed by atoms with Gasteiger partial charge in [-0.25, -0.2) is 0 Å². The highest BCUT2D eigenvalue weighted by Gasteiger charge is 2.20. The van der Waals surface area contributed by atoms with Crippen LogP contribution in [0.2, 0.25) is 0 Å². The van der Waals surface area contributed by atoms with Crippen LogP contribution in [0.3, 0.4) is 0 Å². The monoisotopic (exact) mass is 224 g/mol. The van der Waals surface area contributed by atoms with Crippen LogP contribution in [-0.2, 0) is 5.41 Å². The van der Waals surface area contributed by atoms with Gasteiger partial charge in [0, 0.05) is 5.41 Å². The van der Waals surface area contributed by atoms with Gasteiger partial charge in [0.1, 0.15) is 0 Å². The molecule has 88 valence electrons. The molecule has 0 bridgehead atoms. The third kappa shape index (κ3) is 2.58. The fourth-order valence-corrected chi connectivity index (χ4v) is 2.11. The van der Waals surface area contributed by atoms with Crippen molar-refractivity contribution in [3.8, 4) is 0 Å². The summed E-state index contributed by atoms with van der Waals surface area (Å²) < 4.78 is 0. The molecule has 0 fully saturated rings. The number of allylic oxidation sites excluding steroid dienone is 6. The summed E-state index contributed by atoms with van der Waals surface area (Å²) in [5.41, 5.74) is 2.74. The van der Waals surface area contributed by atoms with Crippen LogP contribution in [0.5, 0.6) is 0 Å². The zero-order valence-electron chi connectivity index (χ0n) is 10.9. The summed E-state index contributed by atoms with van der Waals surface area (Å²) in [6, 6.07) is 10.6. The van der Waals surface area contributed by atoms with E-state index in [1.165, 1.54) is 11.1 Å². The van der Waals surface area contributed by atoms with Crippen LogP contribution in [0.15, 0.2) is 66.3 Å². The molecule has 2 rings (SSSR count). The van der Waals surface area contributed by atoms with Gasteiger partial charge in [-0.15, -0.1) is 0 Å². The normalized spacial score (nSPS) is 23.6. The Balaban J connectivity index is 2.35. The zero-order chi connectivity index (χ0) is 12.3. The first kappa shape index (κ1) is 11.9. The minimum absolute atomic E-state index is 0.00833. The van der Waals surface area contributed by atoms with Gasteiger partial charge in [-0.2, -0.15) is 0 Å². The van der Waals surface area contributed by atoms with E-state index >= 15 is 0 Å². The molecule has 0 saturated carbocycles. The Morgan fingerprint density at radius 2 is 1.71 bits per heavy atom. The van der Waals surface area contributed by atoms with Gasteiger partial charge in [0.2, 0.25) is 0 Å². The van der Waals surface area contributed by atoms with Crippen LogP contribution in [0.25, 0.3) is 0 Å². The third-order valence-electron chi connectivity index (χ3n) is 3.42. The highest BCUT2D eigenvalue weighted by atomic mass is 14.2. The molecule has 1 aliphatic rings. The Bertz CT molecular complexity index is 460. The molecule has 1 aromatic rings. The van der Waals surface area contributed by atoms with E-state index in [4.69, 9.17) is 0 Å². The van der Waals surface area contributed by atoms with Crippen molar-refractivity contribution in [3.63, 3.8) is 0 Å². The first-order chi connectivity index (χ1) is 8.12. The van der Waals surface area contributed by atoms with Gasteiger partial charge in [0.25, 0.3) is 0 Å². The van der Waals surface area contributed by atoms with Crippen LogP contribution >= 0.6 is 0 Å². The first-order valence-corrected chi connectivity index (χ1v) is 6.26. The molecule has 0 amide bonds. The maximum absolute atomic E-state index is 2.30. The van der Waals surface area contributed by atoms with Crippen molar-refractivity contribution in [2.45, 2.75) is 26.2 Å². The highest BCUT2D eigenvalue weighted by Crippen LogP contribution is 2.30. The molecule has 1 unspecified atom stereocenters. The van der Waals surface area contributed by atoms with E-state index in [1.54, 1.807) is 0 Å². The van der Waals surface area contributed by atoms with E-state index in [2.05, 4.69) is 81.5 Å². The molecule has 0 N–H and O–H groups in total. The van der Waals surface area contributed by atoms with Crippen molar-refractivity contribution >= 4 is 0 Å². The zero-order valence-corrected chi connectivity index (χ0v) is 10.9. The third-order valence-corrected chi connectivity index (χ3v) is 3.42. The lowest BCUT2D eigenvalue weighted by Crippen LogP contribution is -2.14. The maximum atomic E-state index is 2.30. The van der Waals surface area contributed by atoms with Crippen molar-refractivity contribution < 1.29 is 0 Å². The molecule has 0 aliphatic heterocycles. The molecular weight excluding hydrogens is 204 g/mol. The molecule has 0 heteroatoms. The van der Waals surface area contributed by atoms with Crippen LogP contribution < -0.4 is 0 Å². The Kier molecular flexibility index (Phi) is 3.33. The van der Waals surface area contributed by atoms with E-state index in [1.807, 2.05) is 0 Å². The topological polar surface area (TPSA) is 0 Å². The number of benzene rings is 1. The lowest BCUT2D eigenvalue weighted by molar-refractivity contribution is 0.752. The molecule has 1 aromatic carbocycles. The average Bonchev–Trinajstić information content (AvgIpc) is 2.54. The summed E-state index contributed by atoms with van der Waals surface area (Å²) in [7, 11) is 0. The number of hydrogen-bond donors (Lipinski definition) is 0. The van der Waals surface area contributed by atoms with Gasteiger partial charge < -0.3 is 0 Å². The molecular formula is C17H20. The molecule has 1 atom stereocenters. The molecule has 0 heterocycles. The second-order valence-electron chi connectivity index (χ2n) is 5.16. The SMILES string of the molecule is CC(C)C1=CC=CC(C)(c2ccccc2)C=C1.